The number of rotatable bonds is 8. The Bertz CT molecular complexity index is 152. The van der Waals surface area contributed by atoms with E-state index < -0.39 is 0 Å². The predicted molar refractivity (Wildman–Crippen MR) is 62.3 cm³/mol. The van der Waals surface area contributed by atoms with E-state index in [2.05, 4.69) is 19.2 Å². The molecule has 0 saturated heterocycles. The van der Waals surface area contributed by atoms with Crippen LogP contribution >= 0.6 is 0 Å². The average molecular weight is 198 g/mol. The normalized spacial score (nSPS) is 20.8. The maximum atomic E-state index is 5.52. The molecule has 1 unspecified atom stereocenters. The van der Waals surface area contributed by atoms with E-state index in [1.165, 1.54) is 32.2 Å². The first-order valence-corrected chi connectivity index (χ1v) is 6.13. The first-order valence-electron chi connectivity index (χ1n) is 6.13. The maximum absolute atomic E-state index is 5.52. The molecule has 0 heterocycles. The zero-order valence-corrected chi connectivity index (χ0v) is 9.81. The first kappa shape index (κ1) is 12.0. The summed E-state index contributed by atoms with van der Waals surface area (Å²) in [7, 11) is 0. The molecule has 1 aliphatic rings. The van der Waals surface area contributed by atoms with E-state index in [1.54, 1.807) is 0 Å². The summed E-state index contributed by atoms with van der Waals surface area (Å²) in [5.41, 5.74) is 6.21. The molecule has 0 radical (unpaired) electrons. The Morgan fingerprint density at radius 2 is 2.14 bits per heavy atom. The van der Waals surface area contributed by atoms with Gasteiger partial charge in [0, 0.05) is 6.54 Å². The fourth-order valence-electron chi connectivity index (χ4n) is 2.19. The van der Waals surface area contributed by atoms with Crippen molar-refractivity contribution in [3.05, 3.63) is 0 Å². The van der Waals surface area contributed by atoms with Gasteiger partial charge in [-0.25, -0.2) is 0 Å². The molecule has 2 heteroatoms. The van der Waals surface area contributed by atoms with Crippen LogP contribution in [-0.4, -0.2) is 19.6 Å². The lowest BCUT2D eigenvalue weighted by molar-refractivity contribution is 0.393. The topological polar surface area (TPSA) is 38.0 Å². The van der Waals surface area contributed by atoms with Crippen LogP contribution in [0.1, 0.15) is 46.0 Å². The number of hydrogen-bond donors (Lipinski definition) is 2. The van der Waals surface area contributed by atoms with Gasteiger partial charge in [-0.05, 0) is 50.1 Å². The Balaban J connectivity index is 2.03. The van der Waals surface area contributed by atoms with E-state index in [-0.39, 0.29) is 0 Å². The molecule has 1 aliphatic carbocycles. The van der Waals surface area contributed by atoms with Crippen molar-refractivity contribution in [2.75, 3.05) is 19.6 Å². The molecular weight excluding hydrogens is 172 g/mol. The summed E-state index contributed by atoms with van der Waals surface area (Å²) >= 11 is 0. The quantitative estimate of drug-likeness (QED) is 0.627. The van der Waals surface area contributed by atoms with Gasteiger partial charge in [-0.1, -0.05) is 20.3 Å². The summed E-state index contributed by atoms with van der Waals surface area (Å²) in [6.07, 6.45) is 6.78. The highest BCUT2D eigenvalue weighted by atomic mass is 14.9. The van der Waals surface area contributed by atoms with Crippen LogP contribution in [0.15, 0.2) is 0 Å². The molecule has 1 saturated carbocycles. The third kappa shape index (κ3) is 3.97. The van der Waals surface area contributed by atoms with E-state index in [9.17, 15) is 0 Å². The smallest absolute Gasteiger partial charge is 0.000792 e. The second-order valence-electron chi connectivity index (χ2n) is 5.06. The molecule has 0 aromatic rings. The predicted octanol–water partition coefficient (Wildman–Crippen LogP) is 2.14. The van der Waals surface area contributed by atoms with Crippen LogP contribution in [0.2, 0.25) is 0 Å². The van der Waals surface area contributed by atoms with E-state index >= 15 is 0 Å². The largest absolute Gasteiger partial charge is 0.330 e. The molecule has 2 nitrogen and oxygen atoms in total. The molecule has 14 heavy (non-hydrogen) atoms. The van der Waals surface area contributed by atoms with Crippen molar-refractivity contribution in [3.8, 4) is 0 Å². The Morgan fingerprint density at radius 1 is 1.43 bits per heavy atom. The van der Waals surface area contributed by atoms with Gasteiger partial charge in [-0.2, -0.15) is 0 Å². The molecule has 0 aromatic heterocycles. The first-order chi connectivity index (χ1) is 6.72. The molecule has 1 atom stereocenters. The van der Waals surface area contributed by atoms with Crippen molar-refractivity contribution in [3.63, 3.8) is 0 Å². The highest BCUT2D eigenvalue weighted by Crippen LogP contribution is 2.48. The zero-order valence-electron chi connectivity index (χ0n) is 9.81. The van der Waals surface area contributed by atoms with Crippen LogP contribution in [0.3, 0.4) is 0 Å². The van der Waals surface area contributed by atoms with Crippen LogP contribution in [0.25, 0.3) is 0 Å². The van der Waals surface area contributed by atoms with Crippen molar-refractivity contribution in [1.82, 2.24) is 5.32 Å². The highest BCUT2D eigenvalue weighted by Gasteiger charge is 2.40. The Kier molecular flexibility index (Phi) is 4.90. The van der Waals surface area contributed by atoms with Crippen LogP contribution in [-0.2, 0) is 0 Å². The molecule has 0 spiro atoms. The van der Waals surface area contributed by atoms with Gasteiger partial charge in [0.05, 0.1) is 0 Å². The summed E-state index contributed by atoms with van der Waals surface area (Å²) in [6.45, 7) is 7.76. The van der Waals surface area contributed by atoms with Gasteiger partial charge >= 0.3 is 0 Å². The Hall–Kier alpha value is -0.0800. The van der Waals surface area contributed by atoms with Gasteiger partial charge in [-0.3, -0.25) is 0 Å². The van der Waals surface area contributed by atoms with E-state index in [1.807, 2.05) is 0 Å². The molecule has 1 rings (SSSR count). The minimum absolute atomic E-state index is 0.692. The van der Waals surface area contributed by atoms with Crippen molar-refractivity contribution in [2.24, 2.45) is 17.1 Å². The van der Waals surface area contributed by atoms with Gasteiger partial charge in [-0.15, -0.1) is 0 Å². The van der Waals surface area contributed by atoms with Gasteiger partial charge in [0.2, 0.25) is 0 Å². The third-order valence-corrected chi connectivity index (χ3v) is 3.39. The highest BCUT2D eigenvalue weighted by molar-refractivity contribution is 4.94. The molecular formula is C12H26N2. The van der Waals surface area contributed by atoms with Gasteiger partial charge in [0.1, 0.15) is 0 Å². The fourth-order valence-corrected chi connectivity index (χ4v) is 2.19. The molecule has 0 amide bonds. The lowest BCUT2D eigenvalue weighted by Crippen LogP contribution is -2.29. The summed E-state index contributed by atoms with van der Waals surface area (Å²) in [5.74, 6) is 0.734. The van der Waals surface area contributed by atoms with Crippen LogP contribution in [0.5, 0.6) is 0 Å². The molecule has 0 aliphatic heterocycles. The lowest BCUT2D eigenvalue weighted by atomic mass is 10.0. The van der Waals surface area contributed by atoms with Crippen LogP contribution in [0.4, 0.5) is 0 Å². The Labute approximate surface area is 88.6 Å². The second kappa shape index (κ2) is 5.72. The number of nitrogens with two attached hydrogens (primary N) is 1. The van der Waals surface area contributed by atoms with Gasteiger partial charge in [0.15, 0.2) is 0 Å². The maximum Gasteiger partial charge on any atom is 0.000792 e. The molecule has 0 aromatic carbocycles. The zero-order chi connectivity index (χ0) is 10.4. The van der Waals surface area contributed by atoms with Crippen LogP contribution < -0.4 is 11.1 Å². The van der Waals surface area contributed by atoms with E-state index in [4.69, 9.17) is 5.73 Å². The summed E-state index contributed by atoms with van der Waals surface area (Å²) < 4.78 is 0. The summed E-state index contributed by atoms with van der Waals surface area (Å²) in [6, 6.07) is 0. The minimum Gasteiger partial charge on any atom is -0.330 e. The monoisotopic (exact) mass is 198 g/mol. The molecule has 3 N–H and O–H groups in total. The number of nitrogens with one attached hydrogen (secondary N) is 1. The summed E-state index contributed by atoms with van der Waals surface area (Å²) in [4.78, 5) is 0. The average Bonchev–Trinajstić information content (AvgIpc) is 2.86. The van der Waals surface area contributed by atoms with Crippen molar-refractivity contribution >= 4 is 0 Å². The Morgan fingerprint density at radius 3 is 2.64 bits per heavy atom. The SMILES string of the molecule is CCCC1(CNCC(C)CCN)CC1. The fraction of sp³-hybridized carbons (Fsp3) is 1.00. The van der Waals surface area contributed by atoms with Gasteiger partial charge in [0.25, 0.3) is 0 Å². The second-order valence-corrected chi connectivity index (χ2v) is 5.06. The van der Waals surface area contributed by atoms with Crippen molar-refractivity contribution in [2.45, 2.75) is 46.0 Å². The van der Waals surface area contributed by atoms with Crippen LogP contribution in [0, 0.1) is 11.3 Å². The van der Waals surface area contributed by atoms with E-state index in [0.29, 0.717) is 5.41 Å². The lowest BCUT2D eigenvalue weighted by Gasteiger charge is -2.17. The third-order valence-electron chi connectivity index (χ3n) is 3.39. The molecule has 1 fully saturated rings. The van der Waals surface area contributed by atoms with E-state index in [0.717, 1.165) is 25.4 Å². The van der Waals surface area contributed by atoms with Crippen molar-refractivity contribution < 1.29 is 0 Å². The number of hydrogen-bond acceptors (Lipinski definition) is 2. The minimum atomic E-state index is 0.692. The van der Waals surface area contributed by atoms with Gasteiger partial charge < -0.3 is 11.1 Å². The molecule has 0 bridgehead atoms. The summed E-state index contributed by atoms with van der Waals surface area (Å²) in [5, 5.41) is 3.60. The molecule has 84 valence electrons. The standard InChI is InChI=1S/C12H26N2/c1-3-5-12(6-7-12)10-14-9-11(2)4-8-13/h11,14H,3-10,13H2,1-2H3. The van der Waals surface area contributed by atoms with Crippen molar-refractivity contribution in [1.29, 1.82) is 0 Å².